The van der Waals surface area contributed by atoms with E-state index in [0.717, 1.165) is 18.4 Å². The predicted molar refractivity (Wildman–Crippen MR) is 166 cm³/mol. The van der Waals surface area contributed by atoms with Gasteiger partial charge in [-0.1, -0.05) is 54.8 Å². The van der Waals surface area contributed by atoms with Crippen LogP contribution in [-0.4, -0.2) is 58.8 Å². The van der Waals surface area contributed by atoms with Crippen LogP contribution < -0.4 is 20.1 Å². The highest BCUT2D eigenvalue weighted by atomic mass is 35.5. The summed E-state index contributed by atoms with van der Waals surface area (Å²) in [5.74, 6) is -1.22. The fourth-order valence-electron chi connectivity index (χ4n) is 5.86. The van der Waals surface area contributed by atoms with Crippen LogP contribution in [0, 0.1) is 25.7 Å². The van der Waals surface area contributed by atoms with Crippen molar-refractivity contribution < 1.29 is 23.9 Å². The molecule has 1 aliphatic heterocycles. The van der Waals surface area contributed by atoms with E-state index in [0.29, 0.717) is 46.4 Å². The van der Waals surface area contributed by atoms with Gasteiger partial charge in [0, 0.05) is 29.9 Å². The molecule has 44 heavy (non-hydrogen) atoms. The van der Waals surface area contributed by atoms with Crippen molar-refractivity contribution in [1.82, 2.24) is 20.2 Å². The van der Waals surface area contributed by atoms with Crippen LogP contribution in [-0.2, 0) is 20.8 Å². The van der Waals surface area contributed by atoms with Crippen molar-refractivity contribution in [3.63, 3.8) is 0 Å². The smallest absolute Gasteiger partial charge is 0.253 e. The normalized spacial score (nSPS) is 18.9. The van der Waals surface area contributed by atoms with Crippen molar-refractivity contribution >= 4 is 46.9 Å². The van der Waals surface area contributed by atoms with E-state index in [1.807, 2.05) is 44.2 Å². The van der Waals surface area contributed by atoms with Crippen molar-refractivity contribution in [3.8, 4) is 11.5 Å². The molecule has 0 unspecified atom stereocenters. The Bertz CT molecular complexity index is 1550. The number of hydrogen-bond acceptors (Lipinski definition) is 8. The molecule has 3 atom stereocenters. The Kier molecular flexibility index (Phi) is 9.43. The van der Waals surface area contributed by atoms with Gasteiger partial charge in [0.05, 0.1) is 36.8 Å². The summed E-state index contributed by atoms with van der Waals surface area (Å²) in [7, 11) is 2.96. The van der Waals surface area contributed by atoms with Crippen molar-refractivity contribution in [2.45, 2.75) is 52.0 Å². The van der Waals surface area contributed by atoms with Gasteiger partial charge in [-0.15, -0.1) is 0 Å². The summed E-state index contributed by atoms with van der Waals surface area (Å²) in [6, 6.07) is 13.1. The Morgan fingerprint density at radius 2 is 1.59 bits per heavy atom. The molecule has 0 radical (unpaired) electrons. The molecule has 1 aliphatic carbocycles. The number of benzene rings is 2. The molecule has 0 spiro atoms. The Labute approximate surface area is 261 Å². The lowest BCUT2D eigenvalue weighted by molar-refractivity contribution is -0.147. The topological polar surface area (TPSA) is 135 Å². The van der Waals surface area contributed by atoms with E-state index in [1.54, 1.807) is 18.2 Å². The maximum atomic E-state index is 14.2. The van der Waals surface area contributed by atoms with E-state index in [2.05, 4.69) is 25.6 Å². The number of imide groups is 1. The number of aryl methyl sites for hydroxylation is 2. The van der Waals surface area contributed by atoms with Crippen molar-refractivity contribution in [2.75, 3.05) is 19.5 Å². The van der Waals surface area contributed by atoms with Crippen molar-refractivity contribution in [3.05, 3.63) is 70.5 Å². The number of hydrogen-bond donors (Lipinski definition) is 2. The minimum absolute atomic E-state index is 0.0442. The second kappa shape index (κ2) is 13.4. The van der Waals surface area contributed by atoms with E-state index >= 15 is 0 Å². The van der Waals surface area contributed by atoms with E-state index in [9.17, 15) is 14.4 Å². The number of guanidine groups is 1. The monoisotopic (exact) mass is 618 g/mol. The van der Waals surface area contributed by atoms with Gasteiger partial charge in [-0.3, -0.25) is 24.6 Å². The lowest BCUT2D eigenvalue weighted by Gasteiger charge is -2.26. The van der Waals surface area contributed by atoms with Crippen molar-refractivity contribution in [2.24, 2.45) is 16.8 Å². The molecule has 11 nitrogen and oxygen atoms in total. The average molecular weight is 619 g/mol. The van der Waals surface area contributed by atoms with E-state index < -0.39 is 23.8 Å². The molecular formula is C32H35ClN6O5. The van der Waals surface area contributed by atoms with Crippen molar-refractivity contribution in [1.29, 1.82) is 0 Å². The van der Waals surface area contributed by atoms with Crippen LogP contribution in [0.5, 0.6) is 11.5 Å². The van der Waals surface area contributed by atoms with Gasteiger partial charge in [-0.25, -0.2) is 9.97 Å². The number of halogens is 1. The van der Waals surface area contributed by atoms with Crippen LogP contribution >= 0.6 is 11.6 Å². The highest BCUT2D eigenvalue weighted by molar-refractivity contribution is 6.32. The summed E-state index contributed by atoms with van der Waals surface area (Å²) in [6.45, 7) is 3.62. The molecule has 0 bridgehead atoms. The highest BCUT2D eigenvalue weighted by Gasteiger charge is 2.52. The number of carbonyl (C=O) groups excluding carboxylic acids is 3. The van der Waals surface area contributed by atoms with Gasteiger partial charge >= 0.3 is 0 Å². The third-order valence-corrected chi connectivity index (χ3v) is 8.21. The van der Waals surface area contributed by atoms with Crippen LogP contribution in [0.25, 0.3) is 0 Å². The van der Waals surface area contributed by atoms with E-state index in [4.69, 9.17) is 21.1 Å². The number of aliphatic imine (C=N–C) groups is 1. The Morgan fingerprint density at radius 3 is 2.18 bits per heavy atom. The molecule has 2 N–H and O–H groups in total. The molecule has 12 heteroatoms. The maximum Gasteiger partial charge on any atom is 0.253 e. The third-order valence-electron chi connectivity index (χ3n) is 7.91. The number of methoxy groups -OCH3 is 2. The maximum absolute atomic E-state index is 14.2. The lowest BCUT2D eigenvalue weighted by Crippen LogP contribution is -2.53. The fourth-order valence-corrected chi connectivity index (χ4v) is 6.09. The Morgan fingerprint density at radius 1 is 0.977 bits per heavy atom. The van der Waals surface area contributed by atoms with Gasteiger partial charge < -0.3 is 14.8 Å². The Balaban J connectivity index is 1.54. The van der Waals surface area contributed by atoms with Gasteiger partial charge in [-0.05, 0) is 38.3 Å². The number of fused-ring (bicyclic) bond motifs is 1. The van der Waals surface area contributed by atoms with Crippen LogP contribution in [0.15, 0.2) is 53.5 Å². The number of aromatic nitrogens is 2. The second-order valence-electron chi connectivity index (χ2n) is 11.0. The summed E-state index contributed by atoms with van der Waals surface area (Å²) in [5, 5.41) is 6.23. The van der Waals surface area contributed by atoms with E-state index in [1.165, 1.54) is 19.1 Å². The highest BCUT2D eigenvalue weighted by Crippen LogP contribution is 2.39. The zero-order valence-electron chi connectivity index (χ0n) is 25.1. The largest absolute Gasteiger partial charge is 0.495 e. The number of rotatable bonds is 8. The number of carbonyl (C=O) groups is 3. The Hall–Kier alpha value is -4.51. The molecule has 2 aromatic carbocycles. The molecule has 5 rings (SSSR count). The molecule has 3 aromatic rings. The first-order valence-electron chi connectivity index (χ1n) is 14.5. The first-order chi connectivity index (χ1) is 21.2. The minimum Gasteiger partial charge on any atom is -0.495 e. The quantitative estimate of drug-likeness (QED) is 0.209. The molecule has 1 saturated heterocycles. The molecule has 230 valence electrons. The molecule has 2 aliphatic rings. The van der Waals surface area contributed by atoms with Gasteiger partial charge in [0.1, 0.15) is 17.5 Å². The van der Waals surface area contributed by atoms with Gasteiger partial charge in [-0.2, -0.15) is 4.99 Å². The number of amides is 3. The van der Waals surface area contributed by atoms with E-state index in [-0.39, 0.29) is 30.1 Å². The molecule has 1 aromatic heterocycles. The van der Waals surface area contributed by atoms with Crippen LogP contribution in [0.4, 0.5) is 11.6 Å². The fraction of sp³-hybridized carbons (Fsp3) is 0.375. The number of nitrogens with one attached hydrogen (secondary N) is 2. The molecular weight excluding hydrogens is 584 g/mol. The summed E-state index contributed by atoms with van der Waals surface area (Å²) in [6.07, 6.45) is 3.18. The van der Waals surface area contributed by atoms with Gasteiger partial charge in [0.2, 0.25) is 23.7 Å². The SMILES string of the molecule is COc1cc(NC(=Nc2nc(C)cc(C)n2)NC(=O)[C@H](Cc2ccccc2)N2C(=O)[C@@H]3CCCC[C@H]3C2=O)c(OC)cc1Cl. The summed E-state index contributed by atoms with van der Waals surface area (Å²) < 4.78 is 10.9. The number of nitrogens with zero attached hydrogens (tertiary/aromatic N) is 4. The first kappa shape index (κ1) is 30.9. The summed E-state index contributed by atoms with van der Waals surface area (Å²) in [4.78, 5) is 55.9. The minimum atomic E-state index is -1.11. The van der Waals surface area contributed by atoms with Crippen LogP contribution in [0.3, 0.4) is 0 Å². The molecule has 2 fully saturated rings. The van der Waals surface area contributed by atoms with Gasteiger partial charge in [0.15, 0.2) is 0 Å². The molecule has 3 amide bonds. The third kappa shape index (κ3) is 6.67. The number of ether oxygens (including phenoxy) is 2. The number of likely N-dealkylation sites (tertiary alicyclic amines) is 1. The average Bonchev–Trinajstić information content (AvgIpc) is 3.25. The lowest BCUT2D eigenvalue weighted by atomic mass is 9.81. The van der Waals surface area contributed by atoms with Crippen LogP contribution in [0.1, 0.15) is 42.6 Å². The zero-order valence-corrected chi connectivity index (χ0v) is 25.9. The second-order valence-corrected chi connectivity index (χ2v) is 11.4. The predicted octanol–water partition coefficient (Wildman–Crippen LogP) is 4.77. The van der Waals surface area contributed by atoms with Crippen LogP contribution in [0.2, 0.25) is 5.02 Å². The standard InChI is InChI=1S/C32H35ClN6O5/c1-18-14-19(2)35-31(34-18)38-32(36-24-17-26(43-3)23(33)16-27(24)44-4)37-28(40)25(15-20-10-6-5-7-11-20)39-29(41)21-12-8-9-13-22(21)30(39)42/h5-7,10-11,14,16-17,21-22,25H,8-9,12-13,15H2,1-4H3,(H2,34,35,36,37,38,40)/t21-,22-,25+/m1/s1. The number of anilines is 1. The first-order valence-corrected chi connectivity index (χ1v) is 14.9. The molecule has 1 saturated carbocycles. The zero-order chi connectivity index (χ0) is 31.4. The van der Waals surface area contributed by atoms with Gasteiger partial charge in [0.25, 0.3) is 5.95 Å². The summed E-state index contributed by atoms with van der Waals surface area (Å²) >= 11 is 6.31. The molecule has 2 heterocycles. The summed E-state index contributed by atoms with van der Waals surface area (Å²) in [5.41, 5.74) is 2.56.